The third-order valence-corrected chi connectivity index (χ3v) is 2.05. The Bertz CT molecular complexity index is 460. The molecule has 70 valence electrons. The number of aromatic nitrogens is 2. The van der Waals surface area contributed by atoms with Gasteiger partial charge in [-0.1, -0.05) is 12.1 Å². The van der Waals surface area contributed by atoms with Crippen molar-refractivity contribution in [3.63, 3.8) is 0 Å². The Hall–Kier alpha value is -1.90. The minimum Gasteiger partial charge on any atom is -0.305 e. The summed E-state index contributed by atoms with van der Waals surface area (Å²) in [5.74, 6) is 0. The van der Waals surface area contributed by atoms with Gasteiger partial charge in [0.15, 0.2) is 6.29 Å². The second-order valence-electron chi connectivity index (χ2n) is 3.10. The number of rotatable bonds is 2. The molecular weight excluding hydrogens is 176 g/mol. The maximum absolute atomic E-state index is 10.8. The molecule has 0 aliphatic rings. The van der Waals surface area contributed by atoms with Crippen molar-refractivity contribution in [2.45, 2.75) is 6.92 Å². The molecule has 1 aromatic carbocycles. The monoisotopic (exact) mass is 186 g/mol. The van der Waals surface area contributed by atoms with Crippen molar-refractivity contribution in [3.05, 3.63) is 48.0 Å². The van der Waals surface area contributed by atoms with Crippen molar-refractivity contribution in [2.75, 3.05) is 0 Å². The van der Waals surface area contributed by atoms with Crippen molar-refractivity contribution in [3.8, 4) is 5.69 Å². The molecule has 0 aliphatic heterocycles. The molecule has 14 heavy (non-hydrogen) atoms. The molecule has 1 aromatic heterocycles. The molecule has 3 heteroatoms. The SMILES string of the molecule is Cc1cn(-c2ccccc2C=O)cn1. The first kappa shape index (κ1) is 8.69. The Kier molecular flexibility index (Phi) is 2.14. The number of benzene rings is 1. The van der Waals surface area contributed by atoms with E-state index in [2.05, 4.69) is 4.98 Å². The number of hydrogen-bond donors (Lipinski definition) is 0. The predicted octanol–water partition coefficient (Wildman–Crippen LogP) is 1.99. The topological polar surface area (TPSA) is 34.9 Å². The lowest BCUT2D eigenvalue weighted by Crippen LogP contribution is -1.95. The molecule has 0 saturated carbocycles. The van der Waals surface area contributed by atoms with Gasteiger partial charge in [0, 0.05) is 11.8 Å². The molecular formula is C11H10N2O. The molecule has 0 unspecified atom stereocenters. The van der Waals surface area contributed by atoms with E-state index >= 15 is 0 Å². The fourth-order valence-electron chi connectivity index (χ4n) is 1.38. The van der Waals surface area contributed by atoms with Crippen LogP contribution in [0, 0.1) is 6.92 Å². The molecule has 2 rings (SSSR count). The van der Waals surface area contributed by atoms with Crippen LogP contribution in [0.2, 0.25) is 0 Å². The maximum Gasteiger partial charge on any atom is 0.152 e. The Morgan fingerprint density at radius 2 is 2.14 bits per heavy atom. The Morgan fingerprint density at radius 1 is 1.36 bits per heavy atom. The Labute approximate surface area is 82.0 Å². The van der Waals surface area contributed by atoms with Gasteiger partial charge in [-0.3, -0.25) is 4.79 Å². The van der Waals surface area contributed by atoms with Gasteiger partial charge in [-0.15, -0.1) is 0 Å². The number of nitrogens with zero attached hydrogens (tertiary/aromatic N) is 2. The minimum absolute atomic E-state index is 0.671. The van der Waals surface area contributed by atoms with E-state index in [4.69, 9.17) is 0 Å². The summed E-state index contributed by atoms with van der Waals surface area (Å²) in [6.45, 7) is 1.92. The predicted molar refractivity (Wildman–Crippen MR) is 53.7 cm³/mol. The smallest absolute Gasteiger partial charge is 0.152 e. The number of carbonyl (C=O) groups excluding carboxylic acids is 1. The lowest BCUT2D eigenvalue weighted by molar-refractivity contribution is 0.112. The molecule has 0 radical (unpaired) electrons. The van der Waals surface area contributed by atoms with E-state index < -0.39 is 0 Å². The first-order valence-corrected chi connectivity index (χ1v) is 4.36. The summed E-state index contributed by atoms with van der Waals surface area (Å²) in [5.41, 5.74) is 2.47. The highest BCUT2D eigenvalue weighted by Crippen LogP contribution is 2.12. The highest BCUT2D eigenvalue weighted by molar-refractivity contribution is 5.80. The van der Waals surface area contributed by atoms with Gasteiger partial charge in [-0.05, 0) is 19.1 Å². The maximum atomic E-state index is 10.8. The van der Waals surface area contributed by atoms with E-state index in [9.17, 15) is 4.79 Å². The van der Waals surface area contributed by atoms with Crippen molar-refractivity contribution in [1.82, 2.24) is 9.55 Å². The van der Waals surface area contributed by atoms with Gasteiger partial charge in [0.1, 0.15) is 0 Å². The van der Waals surface area contributed by atoms with E-state index in [1.54, 1.807) is 12.4 Å². The van der Waals surface area contributed by atoms with Crippen LogP contribution in [0.3, 0.4) is 0 Å². The fourth-order valence-corrected chi connectivity index (χ4v) is 1.38. The van der Waals surface area contributed by atoms with Crippen molar-refractivity contribution < 1.29 is 4.79 Å². The van der Waals surface area contributed by atoms with Gasteiger partial charge in [0.2, 0.25) is 0 Å². The first-order chi connectivity index (χ1) is 6.81. The number of aryl methyl sites for hydroxylation is 1. The quantitative estimate of drug-likeness (QED) is 0.672. The van der Waals surface area contributed by atoms with E-state index in [1.807, 2.05) is 35.9 Å². The summed E-state index contributed by atoms with van der Waals surface area (Å²) in [6, 6.07) is 7.43. The van der Waals surface area contributed by atoms with Gasteiger partial charge in [0.05, 0.1) is 17.7 Å². The number of imidazole rings is 1. The zero-order valence-corrected chi connectivity index (χ0v) is 7.84. The zero-order chi connectivity index (χ0) is 9.97. The van der Waals surface area contributed by atoms with Crippen molar-refractivity contribution in [1.29, 1.82) is 0 Å². The zero-order valence-electron chi connectivity index (χ0n) is 7.84. The summed E-state index contributed by atoms with van der Waals surface area (Å²) in [5, 5.41) is 0. The summed E-state index contributed by atoms with van der Waals surface area (Å²) in [7, 11) is 0. The van der Waals surface area contributed by atoms with Gasteiger partial charge in [-0.2, -0.15) is 0 Å². The normalized spacial score (nSPS) is 10.1. The van der Waals surface area contributed by atoms with Crippen LogP contribution in [0.1, 0.15) is 16.1 Å². The van der Waals surface area contributed by atoms with Crippen LogP contribution >= 0.6 is 0 Å². The van der Waals surface area contributed by atoms with Crippen LogP contribution in [-0.4, -0.2) is 15.8 Å². The molecule has 0 aliphatic carbocycles. The van der Waals surface area contributed by atoms with E-state index in [1.165, 1.54) is 0 Å². The molecule has 3 nitrogen and oxygen atoms in total. The highest BCUT2D eigenvalue weighted by Gasteiger charge is 2.02. The molecule has 0 saturated heterocycles. The lowest BCUT2D eigenvalue weighted by atomic mass is 10.2. The van der Waals surface area contributed by atoms with Crippen LogP contribution in [-0.2, 0) is 0 Å². The molecule has 2 aromatic rings. The molecule has 0 atom stereocenters. The number of aldehydes is 1. The molecule has 0 bridgehead atoms. The van der Waals surface area contributed by atoms with Crippen molar-refractivity contribution >= 4 is 6.29 Å². The Balaban J connectivity index is 2.55. The van der Waals surface area contributed by atoms with Gasteiger partial charge in [-0.25, -0.2) is 4.98 Å². The summed E-state index contributed by atoms with van der Waals surface area (Å²) in [6.07, 6.45) is 4.45. The third-order valence-electron chi connectivity index (χ3n) is 2.05. The van der Waals surface area contributed by atoms with E-state index in [-0.39, 0.29) is 0 Å². The second kappa shape index (κ2) is 3.46. The van der Waals surface area contributed by atoms with Crippen LogP contribution in [0.5, 0.6) is 0 Å². The molecule has 0 N–H and O–H groups in total. The molecule has 0 fully saturated rings. The molecule has 0 spiro atoms. The number of hydrogen-bond acceptors (Lipinski definition) is 2. The average Bonchev–Trinajstić information content (AvgIpc) is 2.65. The summed E-state index contributed by atoms with van der Waals surface area (Å²) in [4.78, 5) is 14.9. The fraction of sp³-hybridized carbons (Fsp3) is 0.0909. The second-order valence-corrected chi connectivity index (χ2v) is 3.10. The van der Waals surface area contributed by atoms with E-state index in [0.29, 0.717) is 5.56 Å². The summed E-state index contributed by atoms with van der Waals surface area (Å²) < 4.78 is 1.85. The van der Waals surface area contributed by atoms with Gasteiger partial charge >= 0.3 is 0 Å². The number of carbonyl (C=O) groups is 1. The lowest BCUT2D eigenvalue weighted by Gasteiger charge is -2.03. The van der Waals surface area contributed by atoms with E-state index in [0.717, 1.165) is 17.7 Å². The summed E-state index contributed by atoms with van der Waals surface area (Å²) >= 11 is 0. The van der Waals surface area contributed by atoms with Gasteiger partial charge < -0.3 is 4.57 Å². The first-order valence-electron chi connectivity index (χ1n) is 4.36. The highest BCUT2D eigenvalue weighted by atomic mass is 16.1. The van der Waals surface area contributed by atoms with Crippen LogP contribution in [0.15, 0.2) is 36.8 Å². The molecule has 1 heterocycles. The van der Waals surface area contributed by atoms with Crippen LogP contribution in [0.4, 0.5) is 0 Å². The van der Waals surface area contributed by atoms with Crippen molar-refractivity contribution in [2.24, 2.45) is 0 Å². The minimum atomic E-state index is 0.671. The van der Waals surface area contributed by atoms with Gasteiger partial charge in [0.25, 0.3) is 0 Å². The standard InChI is InChI=1S/C11H10N2O/c1-9-6-13(8-12-9)11-5-3-2-4-10(11)7-14/h2-8H,1H3. The van der Waals surface area contributed by atoms with Crippen LogP contribution in [0.25, 0.3) is 5.69 Å². The largest absolute Gasteiger partial charge is 0.305 e. The molecule has 0 amide bonds. The third kappa shape index (κ3) is 1.44. The number of para-hydroxylation sites is 1. The Morgan fingerprint density at radius 3 is 2.79 bits per heavy atom. The average molecular weight is 186 g/mol. The van der Waals surface area contributed by atoms with Crippen LogP contribution < -0.4 is 0 Å².